The predicted octanol–water partition coefficient (Wildman–Crippen LogP) is 16.1. The minimum atomic E-state index is -3.98. The molecule has 9 aliphatic heterocycles. The van der Waals surface area contributed by atoms with Crippen molar-refractivity contribution in [1.82, 2.24) is 21.3 Å². The zero-order valence-corrected chi connectivity index (χ0v) is 69.2. The molecule has 0 aliphatic carbocycles. The lowest BCUT2D eigenvalue weighted by atomic mass is 9.73. The van der Waals surface area contributed by atoms with E-state index in [1.165, 1.54) is 54.6 Å². The lowest BCUT2D eigenvalue weighted by Crippen LogP contribution is -2.63. The van der Waals surface area contributed by atoms with Gasteiger partial charge in [-0.05, 0) is 99.5 Å². The molecule has 4 amide bonds. The van der Waals surface area contributed by atoms with Crippen LogP contribution in [0.15, 0.2) is 181 Å². The number of nitrogens with two attached hydrogens (primary N) is 1. The van der Waals surface area contributed by atoms with Crippen molar-refractivity contribution in [2.75, 3.05) is 92.5 Å². The first-order chi connectivity index (χ1) is 60.3. The molecule has 9 heterocycles. The van der Waals surface area contributed by atoms with E-state index in [1.807, 2.05) is 74.5 Å². The molecule has 9 saturated heterocycles. The zero-order chi connectivity index (χ0) is 89.7. The molecule has 0 saturated carbocycles. The number of ether oxygens (including phenoxy) is 11. The molecule has 8 aromatic carbocycles. The highest BCUT2D eigenvalue weighted by Crippen LogP contribution is 2.47. The Kier molecular flexibility index (Phi) is 37.5. The maximum absolute atomic E-state index is 14.6. The van der Waals surface area contributed by atoms with Gasteiger partial charge in [-0.25, -0.2) is 63.1 Å². The molecule has 17 rings (SSSR count). The van der Waals surface area contributed by atoms with E-state index < -0.39 is 138 Å². The maximum atomic E-state index is 14.6. The Morgan fingerprint density at radius 2 is 0.702 bits per heavy atom. The Morgan fingerprint density at radius 1 is 0.389 bits per heavy atom. The highest BCUT2D eigenvalue weighted by molar-refractivity contribution is 7.86. The summed E-state index contributed by atoms with van der Waals surface area (Å²) in [6.07, 6.45) is -1.86. The first-order valence-corrected chi connectivity index (χ1v) is 42.1. The Morgan fingerprint density at radius 3 is 1.05 bits per heavy atom. The van der Waals surface area contributed by atoms with E-state index in [1.54, 1.807) is 12.1 Å². The van der Waals surface area contributed by atoms with Crippen molar-refractivity contribution in [2.24, 2.45) is 35.3 Å². The van der Waals surface area contributed by atoms with Gasteiger partial charge in [-0.1, -0.05) is 146 Å². The number of rotatable bonds is 19. The number of alkyl carbamates (subject to hydrolysis) is 4. The van der Waals surface area contributed by atoms with Gasteiger partial charge in [-0.3, -0.25) is 4.18 Å². The molecule has 8 aromatic rings. The molecule has 36 heteroatoms. The molecule has 0 bridgehead atoms. The number of hydrogen-bond acceptors (Lipinski definition) is 21. The van der Waals surface area contributed by atoms with Gasteiger partial charge in [-0.15, -0.1) is 0 Å². The molecule has 25 nitrogen and oxygen atoms in total. The fourth-order valence-corrected chi connectivity index (χ4v) is 18.2. The second-order valence-electron chi connectivity index (χ2n) is 32.4. The molecule has 9 aliphatic rings. The fraction of sp³-hybridized carbons (Fsp3) is 0.453. The van der Waals surface area contributed by atoms with Gasteiger partial charge < -0.3 is 89.3 Å². The lowest BCUT2D eigenvalue weighted by molar-refractivity contribution is -0.127. The van der Waals surface area contributed by atoms with Crippen LogP contribution in [0.25, 0.3) is 0 Å². The third-order valence-electron chi connectivity index (χ3n) is 24.1. The molecule has 716 valence electrons. The molecule has 0 radical (unpaired) electrons. The number of cyclic esters (lactones) is 4. The van der Waals surface area contributed by atoms with Crippen LogP contribution in [0, 0.1) is 94.7 Å². The SMILES string of the molecule is C.C.C.C.C.C[C@H]1C[C@H]2COC(=O)N[C@@]2(c2ccc(F)cc2F)CO1.Cc1ccc(S(=O)(=O)OC[C@H]2C[C@H]3COC(=O)N[C@@]3(c3ccc(F)cc3F)CO2)cc1.N[C@@]1(c2ccc(F)cc2F)CO[C@@H](COCc2ccccc2)C[C@H]1CO.O=C1N[C@@]2(c3ccc(F)cc3F)CO[C@@H](CO)C[C@H]2CO1.O=C1N[C@@]2(c3ccc(F)cc3F)CO[C@@H](COCc3ccccc3)C[C@H]2CO1. The number of nitrogens with one attached hydrogen (secondary N) is 4. The second-order valence-corrected chi connectivity index (χ2v) is 34.0. The van der Waals surface area contributed by atoms with Crippen molar-refractivity contribution in [1.29, 1.82) is 0 Å². The van der Waals surface area contributed by atoms with Crippen LogP contribution in [0.4, 0.5) is 63.1 Å². The third-order valence-corrected chi connectivity index (χ3v) is 25.4. The number of hydrogen-bond donors (Lipinski definition) is 7. The number of amides is 4. The number of fused-ring (bicyclic) bond motifs is 4. The van der Waals surface area contributed by atoms with Gasteiger partial charge in [0.25, 0.3) is 10.1 Å². The Bertz CT molecular complexity index is 5250. The first-order valence-electron chi connectivity index (χ1n) is 40.7. The molecule has 0 spiro atoms. The normalized spacial score (nSPS) is 27.2. The van der Waals surface area contributed by atoms with Crippen molar-refractivity contribution in [2.45, 2.75) is 159 Å². The number of halogens is 10. The summed E-state index contributed by atoms with van der Waals surface area (Å²) < 4.78 is 228. The largest absolute Gasteiger partial charge is 0.449 e. The molecule has 0 aromatic heterocycles. The molecule has 131 heavy (non-hydrogen) atoms. The van der Waals surface area contributed by atoms with E-state index in [9.17, 15) is 81.7 Å². The van der Waals surface area contributed by atoms with Crippen LogP contribution in [0.2, 0.25) is 0 Å². The van der Waals surface area contributed by atoms with Gasteiger partial charge in [0.15, 0.2) is 0 Å². The van der Waals surface area contributed by atoms with Gasteiger partial charge in [0.1, 0.15) is 80.3 Å². The highest BCUT2D eigenvalue weighted by Gasteiger charge is 2.56. The van der Waals surface area contributed by atoms with Crippen LogP contribution in [-0.4, -0.2) is 166 Å². The van der Waals surface area contributed by atoms with Gasteiger partial charge in [0, 0.05) is 94.3 Å². The maximum Gasteiger partial charge on any atom is 0.407 e. The van der Waals surface area contributed by atoms with Crippen LogP contribution in [-0.2, 0) is 107 Å². The average molecular weight is 1870 g/mol. The van der Waals surface area contributed by atoms with Gasteiger partial charge in [-0.2, -0.15) is 8.42 Å². The molecule has 9 fully saturated rings. The van der Waals surface area contributed by atoms with E-state index in [-0.39, 0.29) is 198 Å². The minimum absolute atomic E-state index is 0. The number of benzene rings is 8. The van der Waals surface area contributed by atoms with E-state index in [0.29, 0.717) is 52.1 Å². The Balaban J connectivity index is 0.000000202. The Labute approximate surface area is 756 Å². The van der Waals surface area contributed by atoms with Gasteiger partial charge >= 0.3 is 24.4 Å². The second kappa shape index (κ2) is 46.3. The first kappa shape index (κ1) is 106. The van der Waals surface area contributed by atoms with Crippen molar-refractivity contribution in [3.63, 3.8) is 0 Å². The summed E-state index contributed by atoms with van der Waals surface area (Å²) >= 11 is 0. The van der Waals surface area contributed by atoms with Gasteiger partial charge in [0.05, 0.1) is 140 Å². The summed E-state index contributed by atoms with van der Waals surface area (Å²) in [5.41, 5.74) is 4.65. The summed E-state index contributed by atoms with van der Waals surface area (Å²) in [6.45, 7) is 5.32. The highest BCUT2D eigenvalue weighted by atomic mass is 32.2. The average Bonchev–Trinajstić information content (AvgIpc) is 0.746. The lowest BCUT2D eigenvalue weighted by Gasteiger charge is -2.49. The smallest absolute Gasteiger partial charge is 0.407 e. The van der Waals surface area contributed by atoms with Crippen LogP contribution in [0.3, 0.4) is 0 Å². The number of carbonyl (C=O) groups excluding carboxylic acids is 4. The van der Waals surface area contributed by atoms with E-state index in [2.05, 4.69) is 21.3 Å². The topological polar surface area (TPSA) is 328 Å². The van der Waals surface area contributed by atoms with Crippen molar-refractivity contribution < 1.29 is 138 Å². The zero-order valence-electron chi connectivity index (χ0n) is 68.4. The quantitative estimate of drug-likeness (QED) is 0.0225. The van der Waals surface area contributed by atoms with Crippen LogP contribution < -0.4 is 27.0 Å². The molecular weight excluding hydrogens is 1750 g/mol. The fourth-order valence-electron chi connectivity index (χ4n) is 17.3. The van der Waals surface area contributed by atoms with Gasteiger partial charge in [0.2, 0.25) is 0 Å². The molecule has 8 N–H and O–H groups in total. The summed E-state index contributed by atoms with van der Waals surface area (Å²) in [5.74, 6) is -8.53. The monoisotopic (exact) mass is 1870 g/mol. The molecular formula is C95H115F10N5O20S. The van der Waals surface area contributed by atoms with E-state index >= 15 is 0 Å². The molecule has 15 atom stereocenters. The predicted molar refractivity (Wildman–Crippen MR) is 462 cm³/mol. The van der Waals surface area contributed by atoms with Crippen molar-refractivity contribution in [3.05, 3.63) is 279 Å². The number of carbonyl (C=O) groups is 4. The molecule has 0 unspecified atom stereocenters. The summed E-state index contributed by atoms with van der Waals surface area (Å²) in [6, 6.07) is 42.2. The van der Waals surface area contributed by atoms with Crippen molar-refractivity contribution in [3.8, 4) is 0 Å². The minimum Gasteiger partial charge on any atom is -0.449 e. The summed E-state index contributed by atoms with van der Waals surface area (Å²) in [5, 5.41) is 29.6. The van der Waals surface area contributed by atoms with Crippen molar-refractivity contribution >= 4 is 34.5 Å². The number of aliphatic hydroxyl groups is 2. The number of aliphatic hydroxyl groups excluding tert-OH is 2. The summed E-state index contributed by atoms with van der Waals surface area (Å²) in [4.78, 5) is 47.0. The Hall–Kier alpha value is -10.4. The van der Waals surface area contributed by atoms with E-state index in [4.69, 9.17) is 62.0 Å². The summed E-state index contributed by atoms with van der Waals surface area (Å²) in [7, 11) is -3.98. The third kappa shape index (κ3) is 24.8. The van der Waals surface area contributed by atoms with Crippen LogP contribution in [0.5, 0.6) is 0 Å². The standard InChI is InChI=1S/C21H21F2NO6S.C21H21F2NO4.C20H23F2NO3.C14H15F2NO4.C14H15F2NO3.5CH4/c1-13-2-5-17(6-3-13)31(26,27)30-11-16-8-14-10-28-20(25)24-21(14,12-29-16)18-7-4-15(22)9-19(18)23;22-16-6-7-18(19(23)9-16)21-13-28-17(8-15(21)11-27-20(25)24-21)12-26-10-14-4-2-1-3-5-14;21-16-6-7-18(19(22)9-16)20(23)13-26-17(8-15(20)10-24)12-25-11-14-4-2-1-3-5-14;15-9-1-2-11(12(16)4-9)14-7-21-10(5-18)3-8(14)6-20-13(19)17-14;1-8-4-9-6-19-13(18)17-14(9,7-20-8)11-3-2-10(15)5-12(11)16;;;;;/h2-7,9,14,16H,8,10-12H2,1H3,(H,24,25);1-7,9,15,17H,8,10-13H2,(H,24,25);1-7,9,15,17,24H,8,10-13,23H2;1-2,4,8,10,18H,3,5-7H2,(H,17,19);2-3,5,8-9H,4,6-7H2,1H3,(H,17,18);5*1H4/t14-,16+,21-;15-,17+,21-;15-,17+,20-;8-,10+,14-;8-,9-,14-;;;;;/m00000...../s1. The number of aryl methyl sites for hydroxylation is 1. The van der Waals surface area contributed by atoms with E-state index in [0.717, 1.165) is 65.2 Å². The van der Waals surface area contributed by atoms with Crippen LogP contribution >= 0.6 is 0 Å². The van der Waals surface area contributed by atoms with Crippen LogP contribution in [0.1, 0.15) is 121 Å².